The van der Waals surface area contributed by atoms with Crippen molar-refractivity contribution in [2.45, 2.75) is 6.04 Å². The van der Waals surface area contributed by atoms with E-state index < -0.39 is 0 Å². The average molecular weight is 327 g/mol. The van der Waals surface area contributed by atoms with Crippen LogP contribution in [-0.2, 0) is 4.74 Å². The fourth-order valence-corrected chi connectivity index (χ4v) is 2.82. The van der Waals surface area contributed by atoms with Crippen molar-refractivity contribution in [1.82, 2.24) is 20.2 Å². The largest absolute Gasteiger partial charge is 0.382 e. The summed E-state index contributed by atoms with van der Waals surface area (Å²) in [7, 11) is 0. The van der Waals surface area contributed by atoms with Gasteiger partial charge in [-0.15, -0.1) is 0 Å². The maximum absolute atomic E-state index is 12.3. The molecule has 0 saturated carbocycles. The van der Waals surface area contributed by atoms with Crippen LogP contribution < -0.4 is 11.1 Å². The van der Waals surface area contributed by atoms with Crippen LogP contribution in [0.5, 0.6) is 0 Å². The Balaban J connectivity index is 1.72. The molecule has 0 unspecified atom stereocenters. The van der Waals surface area contributed by atoms with E-state index in [1.165, 1.54) is 12.4 Å². The first-order chi connectivity index (χ1) is 11.8. The van der Waals surface area contributed by atoms with Crippen LogP contribution in [0.2, 0.25) is 0 Å². The summed E-state index contributed by atoms with van der Waals surface area (Å²) in [4.78, 5) is 22.6. The molecule has 1 atom stereocenters. The quantitative estimate of drug-likeness (QED) is 0.846. The van der Waals surface area contributed by atoms with Crippen molar-refractivity contribution in [3.63, 3.8) is 0 Å². The molecule has 1 saturated heterocycles. The van der Waals surface area contributed by atoms with Gasteiger partial charge in [0.2, 0.25) is 0 Å². The first-order valence-electron chi connectivity index (χ1n) is 7.97. The zero-order valence-electron chi connectivity index (χ0n) is 13.4. The zero-order chi connectivity index (χ0) is 16.8. The maximum Gasteiger partial charge on any atom is 0.273 e. The zero-order valence-corrected chi connectivity index (χ0v) is 13.4. The van der Waals surface area contributed by atoms with Gasteiger partial charge in [-0.2, -0.15) is 0 Å². The lowest BCUT2D eigenvalue weighted by atomic mass is 10.0. The first-order valence-corrected chi connectivity index (χ1v) is 7.97. The number of aromatic nitrogens is 2. The number of nitrogens with zero attached hydrogens (tertiary/aromatic N) is 3. The molecule has 1 aliphatic rings. The second-order valence-corrected chi connectivity index (χ2v) is 5.58. The van der Waals surface area contributed by atoms with E-state index in [-0.39, 0.29) is 23.5 Å². The molecular weight excluding hydrogens is 306 g/mol. The molecule has 1 amide bonds. The van der Waals surface area contributed by atoms with E-state index in [1.54, 1.807) is 0 Å². The molecule has 0 aliphatic carbocycles. The monoisotopic (exact) mass is 327 g/mol. The molecule has 1 fully saturated rings. The molecule has 126 valence electrons. The molecule has 3 N–H and O–H groups in total. The van der Waals surface area contributed by atoms with Gasteiger partial charge in [0.25, 0.3) is 5.91 Å². The Morgan fingerprint density at radius 1 is 1.21 bits per heavy atom. The van der Waals surface area contributed by atoms with Crippen LogP contribution in [0, 0.1) is 0 Å². The molecule has 0 radical (unpaired) electrons. The Labute approximate surface area is 140 Å². The fourth-order valence-electron chi connectivity index (χ4n) is 2.82. The normalized spacial score (nSPS) is 16.5. The van der Waals surface area contributed by atoms with Gasteiger partial charge in [-0.25, -0.2) is 9.97 Å². The molecule has 2 aromatic rings. The standard InChI is InChI=1S/C17H21N5O2/c18-16-15(19-6-7-20-16)17(23)21-12-14(13-4-2-1-3-5-13)22-8-10-24-11-9-22/h1-7,14H,8-12H2,(H2,18,20)(H,21,23)/t14-/m1/s1. The van der Waals surface area contributed by atoms with Crippen molar-refractivity contribution in [2.75, 3.05) is 38.6 Å². The van der Waals surface area contributed by atoms with Gasteiger partial charge in [-0.1, -0.05) is 30.3 Å². The molecule has 1 aromatic carbocycles. The molecule has 3 rings (SSSR count). The van der Waals surface area contributed by atoms with Crippen LogP contribution >= 0.6 is 0 Å². The smallest absolute Gasteiger partial charge is 0.273 e. The number of morpholine rings is 1. The minimum Gasteiger partial charge on any atom is -0.382 e. The average Bonchev–Trinajstić information content (AvgIpc) is 2.64. The van der Waals surface area contributed by atoms with Crippen molar-refractivity contribution in [3.8, 4) is 0 Å². The maximum atomic E-state index is 12.3. The van der Waals surface area contributed by atoms with Crippen molar-refractivity contribution in [2.24, 2.45) is 0 Å². The van der Waals surface area contributed by atoms with Gasteiger partial charge >= 0.3 is 0 Å². The second-order valence-electron chi connectivity index (χ2n) is 5.58. The number of nitrogen functional groups attached to an aromatic ring is 1. The number of anilines is 1. The molecule has 7 nitrogen and oxygen atoms in total. The van der Waals surface area contributed by atoms with E-state index in [2.05, 4.69) is 32.3 Å². The van der Waals surface area contributed by atoms with Crippen LogP contribution in [0.1, 0.15) is 22.1 Å². The molecule has 1 aliphatic heterocycles. The number of nitrogens with one attached hydrogen (secondary N) is 1. The van der Waals surface area contributed by atoms with E-state index in [0.29, 0.717) is 19.8 Å². The minimum atomic E-state index is -0.310. The number of amides is 1. The summed E-state index contributed by atoms with van der Waals surface area (Å²) >= 11 is 0. The lowest BCUT2D eigenvalue weighted by Crippen LogP contribution is -2.44. The van der Waals surface area contributed by atoms with E-state index in [9.17, 15) is 4.79 Å². The van der Waals surface area contributed by atoms with Crippen LogP contribution in [0.15, 0.2) is 42.7 Å². The summed E-state index contributed by atoms with van der Waals surface area (Å²) < 4.78 is 5.43. The number of benzene rings is 1. The number of hydrogen-bond acceptors (Lipinski definition) is 6. The van der Waals surface area contributed by atoms with Crippen LogP contribution in [0.25, 0.3) is 0 Å². The minimum absolute atomic E-state index is 0.0805. The summed E-state index contributed by atoms with van der Waals surface area (Å²) in [6.07, 6.45) is 2.93. The summed E-state index contributed by atoms with van der Waals surface area (Å²) in [5, 5.41) is 2.93. The van der Waals surface area contributed by atoms with E-state index in [1.807, 2.05) is 18.2 Å². The van der Waals surface area contributed by atoms with E-state index in [4.69, 9.17) is 10.5 Å². The molecule has 0 bridgehead atoms. The van der Waals surface area contributed by atoms with Crippen molar-refractivity contribution in [1.29, 1.82) is 0 Å². The number of ether oxygens (including phenoxy) is 1. The van der Waals surface area contributed by atoms with Crippen LogP contribution in [0.4, 0.5) is 5.82 Å². The highest BCUT2D eigenvalue weighted by Gasteiger charge is 2.23. The Morgan fingerprint density at radius 3 is 2.62 bits per heavy atom. The SMILES string of the molecule is Nc1nccnc1C(=O)NC[C@H](c1ccccc1)N1CCOCC1. The van der Waals surface area contributed by atoms with Gasteiger partial charge in [-0.3, -0.25) is 9.69 Å². The van der Waals surface area contributed by atoms with E-state index >= 15 is 0 Å². The van der Waals surface area contributed by atoms with Gasteiger partial charge < -0.3 is 15.8 Å². The Bertz CT molecular complexity index is 674. The number of carbonyl (C=O) groups is 1. The summed E-state index contributed by atoms with van der Waals surface area (Å²) in [6, 6.07) is 10.2. The number of carbonyl (C=O) groups excluding carboxylic acids is 1. The van der Waals surface area contributed by atoms with Crippen molar-refractivity contribution in [3.05, 3.63) is 54.0 Å². The van der Waals surface area contributed by atoms with Gasteiger partial charge in [0, 0.05) is 32.0 Å². The van der Waals surface area contributed by atoms with E-state index in [0.717, 1.165) is 18.7 Å². The number of hydrogen-bond donors (Lipinski definition) is 2. The molecule has 0 spiro atoms. The molecule has 7 heteroatoms. The summed E-state index contributed by atoms with van der Waals surface area (Å²) in [5.41, 5.74) is 7.04. The third-order valence-corrected chi connectivity index (χ3v) is 4.07. The van der Waals surface area contributed by atoms with Gasteiger partial charge in [0.1, 0.15) is 0 Å². The fraction of sp³-hybridized carbons (Fsp3) is 0.353. The van der Waals surface area contributed by atoms with Crippen molar-refractivity contribution >= 4 is 11.7 Å². The number of nitrogens with two attached hydrogens (primary N) is 1. The topological polar surface area (TPSA) is 93.4 Å². The van der Waals surface area contributed by atoms with Crippen LogP contribution in [0.3, 0.4) is 0 Å². The Kier molecular flexibility index (Phi) is 5.35. The van der Waals surface area contributed by atoms with Crippen molar-refractivity contribution < 1.29 is 9.53 Å². The Hall–Kier alpha value is -2.51. The highest BCUT2D eigenvalue weighted by Crippen LogP contribution is 2.21. The Morgan fingerprint density at radius 2 is 1.92 bits per heavy atom. The van der Waals surface area contributed by atoms with Gasteiger partial charge in [-0.05, 0) is 5.56 Å². The summed E-state index contributed by atoms with van der Waals surface area (Å²) in [6.45, 7) is 3.55. The molecule has 1 aromatic heterocycles. The third-order valence-electron chi connectivity index (χ3n) is 4.07. The predicted octanol–water partition coefficient (Wildman–Crippen LogP) is 0.862. The highest BCUT2D eigenvalue weighted by atomic mass is 16.5. The summed E-state index contributed by atoms with van der Waals surface area (Å²) in [5.74, 6) is -0.174. The number of rotatable bonds is 5. The molecular formula is C17H21N5O2. The van der Waals surface area contributed by atoms with Gasteiger partial charge in [0.05, 0.1) is 19.3 Å². The first kappa shape index (κ1) is 16.4. The third kappa shape index (κ3) is 3.87. The molecule has 24 heavy (non-hydrogen) atoms. The van der Waals surface area contributed by atoms with Gasteiger partial charge in [0.15, 0.2) is 11.5 Å². The molecule has 2 heterocycles. The lowest BCUT2D eigenvalue weighted by molar-refractivity contribution is 0.0162. The highest BCUT2D eigenvalue weighted by molar-refractivity contribution is 5.96. The van der Waals surface area contributed by atoms with Crippen LogP contribution in [-0.4, -0.2) is 53.6 Å². The predicted molar refractivity (Wildman–Crippen MR) is 90.4 cm³/mol. The second kappa shape index (κ2) is 7.85. The lowest BCUT2D eigenvalue weighted by Gasteiger charge is -2.34.